The van der Waals surface area contributed by atoms with Gasteiger partial charge in [0.2, 0.25) is 0 Å². The summed E-state index contributed by atoms with van der Waals surface area (Å²) in [5, 5.41) is 0. The van der Waals surface area contributed by atoms with Gasteiger partial charge in [0.25, 0.3) is 5.91 Å². The van der Waals surface area contributed by atoms with E-state index in [1.54, 1.807) is 0 Å². The fourth-order valence-electron chi connectivity index (χ4n) is 3.54. The van der Waals surface area contributed by atoms with Gasteiger partial charge in [0.05, 0.1) is 6.61 Å². The predicted molar refractivity (Wildman–Crippen MR) is 98.0 cm³/mol. The number of benzene rings is 1. The zero-order chi connectivity index (χ0) is 17.6. The minimum atomic E-state index is 0.0873. The van der Waals surface area contributed by atoms with Gasteiger partial charge >= 0.3 is 0 Å². The van der Waals surface area contributed by atoms with Crippen LogP contribution in [0.5, 0.6) is 5.75 Å². The van der Waals surface area contributed by atoms with Gasteiger partial charge < -0.3 is 19.3 Å². The summed E-state index contributed by atoms with van der Waals surface area (Å²) in [6.07, 6.45) is 2.20. The van der Waals surface area contributed by atoms with Crippen molar-refractivity contribution in [3.63, 3.8) is 0 Å². The van der Waals surface area contributed by atoms with Crippen molar-refractivity contribution in [1.29, 1.82) is 0 Å². The number of carbonyl (C=O) groups is 1. The molecule has 1 unspecified atom stereocenters. The Morgan fingerprint density at radius 3 is 2.84 bits per heavy atom. The molecule has 0 bridgehead atoms. The third-order valence-corrected chi connectivity index (χ3v) is 5.32. The van der Waals surface area contributed by atoms with Crippen LogP contribution in [0.2, 0.25) is 0 Å². The van der Waals surface area contributed by atoms with Gasteiger partial charge in [-0.3, -0.25) is 4.79 Å². The summed E-state index contributed by atoms with van der Waals surface area (Å²) in [5.74, 6) is 1.52. The van der Waals surface area contributed by atoms with E-state index >= 15 is 0 Å². The Balaban J connectivity index is 1.44. The van der Waals surface area contributed by atoms with Gasteiger partial charge in [0, 0.05) is 32.8 Å². The molecule has 5 heteroatoms. The smallest absolute Gasteiger partial charge is 0.260 e. The van der Waals surface area contributed by atoms with Crippen molar-refractivity contribution >= 4 is 5.91 Å². The van der Waals surface area contributed by atoms with Crippen LogP contribution in [0.25, 0.3) is 0 Å². The lowest BCUT2D eigenvalue weighted by molar-refractivity contribution is -0.133. The summed E-state index contributed by atoms with van der Waals surface area (Å²) in [5.41, 5.74) is 2.42. The fourth-order valence-corrected chi connectivity index (χ4v) is 3.54. The van der Waals surface area contributed by atoms with Crippen LogP contribution in [0.3, 0.4) is 0 Å². The Morgan fingerprint density at radius 1 is 1.20 bits per heavy atom. The average molecular weight is 346 g/mol. The van der Waals surface area contributed by atoms with Crippen molar-refractivity contribution in [3.05, 3.63) is 29.3 Å². The zero-order valence-corrected chi connectivity index (χ0v) is 15.5. The maximum atomic E-state index is 12.5. The Labute approximate surface area is 150 Å². The van der Waals surface area contributed by atoms with Crippen LogP contribution in [0.15, 0.2) is 18.2 Å². The van der Waals surface area contributed by atoms with E-state index in [1.807, 2.05) is 23.1 Å². The number of hydrogen-bond donors (Lipinski definition) is 0. The first kappa shape index (κ1) is 18.2. The van der Waals surface area contributed by atoms with Gasteiger partial charge in [-0.15, -0.1) is 0 Å². The molecule has 0 N–H and O–H groups in total. The second-order valence-corrected chi connectivity index (χ2v) is 7.30. The summed E-state index contributed by atoms with van der Waals surface area (Å²) in [4.78, 5) is 16.9. The van der Waals surface area contributed by atoms with E-state index < -0.39 is 0 Å². The van der Waals surface area contributed by atoms with Gasteiger partial charge in [-0.2, -0.15) is 0 Å². The molecule has 2 heterocycles. The molecule has 0 aliphatic carbocycles. The second-order valence-electron chi connectivity index (χ2n) is 7.30. The van der Waals surface area contributed by atoms with Gasteiger partial charge in [0.15, 0.2) is 6.61 Å². The molecule has 0 radical (unpaired) electrons. The van der Waals surface area contributed by atoms with Gasteiger partial charge in [-0.05, 0) is 62.4 Å². The zero-order valence-electron chi connectivity index (χ0n) is 15.5. The quantitative estimate of drug-likeness (QED) is 0.820. The van der Waals surface area contributed by atoms with Crippen molar-refractivity contribution in [2.24, 2.45) is 5.92 Å². The predicted octanol–water partition coefficient (Wildman–Crippen LogP) is 2.25. The summed E-state index contributed by atoms with van der Waals surface area (Å²) < 4.78 is 11.2. The largest absolute Gasteiger partial charge is 0.484 e. The highest BCUT2D eigenvalue weighted by atomic mass is 16.5. The van der Waals surface area contributed by atoms with Crippen molar-refractivity contribution in [2.75, 3.05) is 52.5 Å². The fraction of sp³-hybridized carbons (Fsp3) is 0.650. The third kappa shape index (κ3) is 5.19. The molecule has 2 fully saturated rings. The van der Waals surface area contributed by atoms with E-state index in [9.17, 15) is 4.79 Å². The topological polar surface area (TPSA) is 42.0 Å². The maximum Gasteiger partial charge on any atom is 0.260 e. The number of hydrogen-bond acceptors (Lipinski definition) is 4. The SMILES string of the molecule is Cc1ccc(OCC(=O)N2CCCN(CC3CCOC3)CC2)cc1C. The Hall–Kier alpha value is -1.59. The van der Waals surface area contributed by atoms with E-state index in [2.05, 4.69) is 18.7 Å². The Bertz CT molecular complexity index is 584. The van der Waals surface area contributed by atoms with Gasteiger partial charge in [-0.25, -0.2) is 0 Å². The van der Waals surface area contributed by atoms with Crippen molar-refractivity contribution in [2.45, 2.75) is 26.7 Å². The highest BCUT2D eigenvalue weighted by Crippen LogP contribution is 2.17. The minimum absolute atomic E-state index is 0.0873. The molecular formula is C20H30N2O3. The number of aryl methyl sites for hydroxylation is 2. The van der Waals surface area contributed by atoms with E-state index in [1.165, 1.54) is 17.5 Å². The maximum absolute atomic E-state index is 12.5. The van der Waals surface area contributed by atoms with Crippen LogP contribution in [0.1, 0.15) is 24.0 Å². The monoisotopic (exact) mass is 346 g/mol. The molecule has 3 rings (SSSR count). The van der Waals surface area contributed by atoms with E-state index in [0.29, 0.717) is 5.92 Å². The van der Waals surface area contributed by atoms with E-state index in [4.69, 9.17) is 9.47 Å². The molecule has 5 nitrogen and oxygen atoms in total. The standard InChI is InChI=1S/C20H30N2O3/c1-16-4-5-19(12-17(16)2)25-15-20(23)22-8-3-7-21(9-10-22)13-18-6-11-24-14-18/h4-5,12,18H,3,6-11,13-15H2,1-2H3. The lowest BCUT2D eigenvalue weighted by Crippen LogP contribution is -2.38. The van der Waals surface area contributed by atoms with Gasteiger partial charge in [-0.1, -0.05) is 6.07 Å². The molecule has 0 saturated carbocycles. The average Bonchev–Trinajstić information content (AvgIpc) is 3.00. The molecule has 138 valence electrons. The first-order chi connectivity index (χ1) is 12.1. The summed E-state index contributed by atoms with van der Waals surface area (Å²) in [7, 11) is 0. The van der Waals surface area contributed by atoms with Crippen LogP contribution in [-0.4, -0.2) is 68.3 Å². The number of nitrogens with zero attached hydrogens (tertiary/aromatic N) is 2. The molecule has 25 heavy (non-hydrogen) atoms. The van der Waals surface area contributed by atoms with Crippen LogP contribution >= 0.6 is 0 Å². The molecule has 0 aromatic heterocycles. The Kier molecular flexibility index (Phi) is 6.32. The number of carbonyl (C=O) groups excluding carboxylic acids is 1. The summed E-state index contributed by atoms with van der Waals surface area (Å²) in [6, 6.07) is 5.96. The first-order valence-corrected chi connectivity index (χ1v) is 9.40. The van der Waals surface area contributed by atoms with Gasteiger partial charge in [0.1, 0.15) is 5.75 Å². The number of ether oxygens (including phenoxy) is 2. The second kappa shape index (κ2) is 8.68. The molecule has 0 spiro atoms. The van der Waals surface area contributed by atoms with Crippen molar-refractivity contribution in [1.82, 2.24) is 9.80 Å². The molecule has 1 amide bonds. The lowest BCUT2D eigenvalue weighted by Gasteiger charge is -2.24. The van der Waals surface area contributed by atoms with Crippen molar-refractivity contribution < 1.29 is 14.3 Å². The van der Waals surface area contributed by atoms with Crippen LogP contribution in [0.4, 0.5) is 0 Å². The van der Waals surface area contributed by atoms with E-state index in [0.717, 1.165) is 58.1 Å². The van der Waals surface area contributed by atoms with Crippen LogP contribution < -0.4 is 4.74 Å². The first-order valence-electron chi connectivity index (χ1n) is 9.40. The number of amides is 1. The molecule has 1 aromatic rings. The summed E-state index contributed by atoms with van der Waals surface area (Å²) >= 11 is 0. The van der Waals surface area contributed by atoms with E-state index in [-0.39, 0.29) is 12.5 Å². The van der Waals surface area contributed by atoms with Crippen molar-refractivity contribution in [3.8, 4) is 5.75 Å². The molecule has 1 aromatic carbocycles. The molecule has 2 aliphatic heterocycles. The molecular weight excluding hydrogens is 316 g/mol. The highest BCUT2D eigenvalue weighted by Gasteiger charge is 2.23. The minimum Gasteiger partial charge on any atom is -0.484 e. The van der Waals surface area contributed by atoms with Crippen LogP contribution in [0, 0.1) is 19.8 Å². The molecule has 1 atom stereocenters. The highest BCUT2D eigenvalue weighted by molar-refractivity contribution is 5.77. The third-order valence-electron chi connectivity index (χ3n) is 5.32. The normalized spacial score (nSPS) is 22.0. The molecule has 2 aliphatic rings. The van der Waals surface area contributed by atoms with Crippen LogP contribution in [-0.2, 0) is 9.53 Å². The number of rotatable bonds is 5. The molecule has 2 saturated heterocycles. The lowest BCUT2D eigenvalue weighted by atomic mass is 10.1. The summed E-state index contributed by atoms with van der Waals surface area (Å²) in [6.45, 7) is 10.8. The Morgan fingerprint density at radius 2 is 2.08 bits per heavy atom.